The van der Waals surface area contributed by atoms with Crippen LogP contribution in [0, 0.1) is 5.41 Å². The van der Waals surface area contributed by atoms with E-state index in [0.717, 1.165) is 44.3 Å². The summed E-state index contributed by atoms with van der Waals surface area (Å²) in [6, 6.07) is 8.93. The van der Waals surface area contributed by atoms with Gasteiger partial charge in [0.2, 0.25) is 17.7 Å². The number of hydrogen-bond donors (Lipinski definition) is 4. The van der Waals surface area contributed by atoms with Crippen molar-refractivity contribution in [2.45, 2.75) is 57.0 Å². The molecule has 0 unspecified atom stereocenters. The van der Waals surface area contributed by atoms with E-state index in [-0.39, 0.29) is 11.9 Å². The zero-order valence-corrected chi connectivity index (χ0v) is 16.2. The van der Waals surface area contributed by atoms with Crippen molar-refractivity contribution in [2.75, 3.05) is 13.1 Å². The van der Waals surface area contributed by atoms with E-state index in [0.29, 0.717) is 19.3 Å². The van der Waals surface area contributed by atoms with Gasteiger partial charge in [-0.3, -0.25) is 14.4 Å². The number of amides is 3. The highest BCUT2D eigenvalue weighted by molar-refractivity contribution is 6.05. The number of hydrogen-bond acceptors (Lipinski definition) is 4. The molecule has 1 aromatic carbocycles. The van der Waals surface area contributed by atoms with Crippen LogP contribution < -0.4 is 21.7 Å². The van der Waals surface area contributed by atoms with Crippen molar-refractivity contribution in [1.29, 1.82) is 0 Å². The molecule has 1 aliphatic carbocycles. The van der Waals surface area contributed by atoms with Gasteiger partial charge in [-0.1, -0.05) is 43.2 Å². The molecule has 1 atom stereocenters. The molecule has 0 aromatic heterocycles. The molecule has 28 heavy (non-hydrogen) atoms. The summed E-state index contributed by atoms with van der Waals surface area (Å²) in [5, 5.41) is 9.19. The highest BCUT2D eigenvalue weighted by Gasteiger charge is 2.47. The van der Waals surface area contributed by atoms with Gasteiger partial charge in [0.05, 0.1) is 0 Å². The quantitative estimate of drug-likeness (QED) is 0.515. The lowest BCUT2D eigenvalue weighted by atomic mass is 9.84. The molecular formula is C21H30N4O3. The fourth-order valence-electron chi connectivity index (χ4n) is 4.19. The van der Waals surface area contributed by atoms with Crippen molar-refractivity contribution < 1.29 is 14.4 Å². The Bertz CT molecular complexity index is 695. The fourth-order valence-corrected chi connectivity index (χ4v) is 4.19. The first kappa shape index (κ1) is 20.3. The second kappa shape index (κ2) is 9.19. The Hall–Kier alpha value is -2.41. The number of piperidine rings is 1. The van der Waals surface area contributed by atoms with E-state index in [2.05, 4.69) is 16.0 Å². The van der Waals surface area contributed by atoms with E-state index in [9.17, 15) is 14.4 Å². The lowest BCUT2D eigenvalue weighted by molar-refractivity contribution is -0.143. The van der Waals surface area contributed by atoms with E-state index < -0.39 is 23.3 Å². The van der Waals surface area contributed by atoms with E-state index >= 15 is 0 Å². The maximum atomic E-state index is 13.0. The number of carbonyl (C=O) groups excluding carboxylic acids is 3. The normalized spacial score (nSPS) is 20.3. The van der Waals surface area contributed by atoms with Crippen LogP contribution in [0.15, 0.2) is 30.3 Å². The Labute approximate surface area is 165 Å². The van der Waals surface area contributed by atoms with Crippen molar-refractivity contribution in [3.8, 4) is 0 Å². The molecule has 1 heterocycles. The predicted octanol–water partition coefficient (Wildman–Crippen LogP) is 0.628. The summed E-state index contributed by atoms with van der Waals surface area (Å²) < 4.78 is 0. The van der Waals surface area contributed by atoms with Crippen LogP contribution in [0.3, 0.4) is 0 Å². The smallest absolute Gasteiger partial charge is 0.243 e. The van der Waals surface area contributed by atoms with E-state index in [1.54, 1.807) is 0 Å². The number of primary amides is 1. The second-order valence-electron chi connectivity index (χ2n) is 7.90. The molecule has 0 radical (unpaired) electrons. The van der Waals surface area contributed by atoms with Gasteiger partial charge in [-0.05, 0) is 44.3 Å². The van der Waals surface area contributed by atoms with Crippen LogP contribution in [0.1, 0.15) is 44.1 Å². The lowest BCUT2D eigenvalue weighted by Gasteiger charge is -2.29. The lowest BCUT2D eigenvalue weighted by Crippen LogP contribution is -2.57. The Kier molecular flexibility index (Phi) is 6.67. The van der Waals surface area contributed by atoms with Crippen molar-refractivity contribution >= 4 is 17.7 Å². The first-order valence-corrected chi connectivity index (χ1v) is 10.2. The van der Waals surface area contributed by atoms with Crippen molar-refractivity contribution in [1.82, 2.24) is 16.0 Å². The third kappa shape index (κ3) is 4.70. The standard InChI is InChI=1S/C21H30N4O3/c22-19(27)21(10-4-5-11-21)20(28)25-17(14-15-6-2-1-3-7-15)18(26)24-16-8-12-23-13-9-16/h1-3,6-7,16-17,23H,4-5,8-14H2,(H2,22,27)(H,24,26)(H,25,28)/t17-/m1/s1. The number of carbonyl (C=O) groups is 3. The first-order valence-electron chi connectivity index (χ1n) is 10.2. The number of nitrogens with two attached hydrogens (primary N) is 1. The van der Waals surface area contributed by atoms with Gasteiger partial charge in [0.1, 0.15) is 11.5 Å². The van der Waals surface area contributed by atoms with Crippen molar-refractivity contribution in [3.05, 3.63) is 35.9 Å². The van der Waals surface area contributed by atoms with Crippen LogP contribution in [0.2, 0.25) is 0 Å². The molecule has 1 saturated carbocycles. The average Bonchev–Trinajstić information content (AvgIpc) is 3.20. The van der Waals surface area contributed by atoms with Gasteiger partial charge in [-0.15, -0.1) is 0 Å². The van der Waals surface area contributed by atoms with Gasteiger partial charge in [0, 0.05) is 12.5 Å². The van der Waals surface area contributed by atoms with E-state index in [1.807, 2.05) is 30.3 Å². The molecule has 1 aliphatic heterocycles. The summed E-state index contributed by atoms with van der Waals surface area (Å²) in [4.78, 5) is 38.0. The molecule has 7 nitrogen and oxygen atoms in total. The molecule has 1 aromatic rings. The summed E-state index contributed by atoms with van der Waals surface area (Å²) in [5.41, 5.74) is 5.34. The van der Waals surface area contributed by atoms with Gasteiger partial charge in [-0.2, -0.15) is 0 Å². The average molecular weight is 386 g/mol. The van der Waals surface area contributed by atoms with Crippen molar-refractivity contribution in [2.24, 2.45) is 11.1 Å². The number of nitrogens with one attached hydrogen (secondary N) is 3. The molecule has 5 N–H and O–H groups in total. The van der Waals surface area contributed by atoms with E-state index in [4.69, 9.17) is 5.73 Å². The van der Waals surface area contributed by atoms with E-state index in [1.165, 1.54) is 0 Å². The predicted molar refractivity (Wildman–Crippen MR) is 106 cm³/mol. The van der Waals surface area contributed by atoms with Gasteiger partial charge in [0.25, 0.3) is 0 Å². The van der Waals surface area contributed by atoms with Crippen LogP contribution in [0.5, 0.6) is 0 Å². The maximum absolute atomic E-state index is 13.0. The first-order chi connectivity index (χ1) is 13.5. The van der Waals surface area contributed by atoms with Crippen molar-refractivity contribution in [3.63, 3.8) is 0 Å². The SMILES string of the molecule is NC(=O)C1(C(=O)N[C@H](Cc2ccccc2)C(=O)NC2CCNCC2)CCCC1. The van der Waals surface area contributed by atoms with Crippen LogP contribution in [-0.2, 0) is 20.8 Å². The Morgan fingerprint density at radius 2 is 1.75 bits per heavy atom. The second-order valence-corrected chi connectivity index (χ2v) is 7.90. The Morgan fingerprint density at radius 3 is 2.36 bits per heavy atom. The van der Waals surface area contributed by atoms with Crippen LogP contribution in [0.25, 0.3) is 0 Å². The summed E-state index contributed by atoms with van der Waals surface area (Å²) in [6.45, 7) is 1.73. The maximum Gasteiger partial charge on any atom is 0.243 e. The summed E-state index contributed by atoms with van der Waals surface area (Å²) >= 11 is 0. The largest absolute Gasteiger partial charge is 0.369 e. The molecule has 3 amide bonds. The number of rotatable bonds is 7. The fraction of sp³-hybridized carbons (Fsp3) is 0.571. The summed E-state index contributed by atoms with van der Waals surface area (Å²) in [5.74, 6) is -1.22. The molecule has 152 valence electrons. The molecular weight excluding hydrogens is 356 g/mol. The minimum atomic E-state index is -1.19. The van der Waals surface area contributed by atoms with Gasteiger partial charge in [0.15, 0.2) is 0 Å². The van der Waals surface area contributed by atoms with Gasteiger partial charge in [-0.25, -0.2) is 0 Å². The molecule has 0 bridgehead atoms. The van der Waals surface area contributed by atoms with Gasteiger partial charge >= 0.3 is 0 Å². The zero-order chi connectivity index (χ0) is 20.0. The molecule has 2 aliphatic rings. The van der Waals surface area contributed by atoms with Crippen LogP contribution in [0.4, 0.5) is 0 Å². The van der Waals surface area contributed by atoms with Crippen LogP contribution >= 0.6 is 0 Å². The highest BCUT2D eigenvalue weighted by Crippen LogP contribution is 2.38. The minimum Gasteiger partial charge on any atom is -0.369 e. The minimum absolute atomic E-state index is 0.0977. The molecule has 7 heteroatoms. The Balaban J connectivity index is 1.74. The zero-order valence-electron chi connectivity index (χ0n) is 16.2. The molecule has 3 rings (SSSR count). The summed E-state index contributed by atoms with van der Waals surface area (Å²) in [6.07, 6.45) is 4.58. The highest BCUT2D eigenvalue weighted by atomic mass is 16.2. The molecule has 1 saturated heterocycles. The van der Waals surface area contributed by atoms with Gasteiger partial charge < -0.3 is 21.7 Å². The topological polar surface area (TPSA) is 113 Å². The Morgan fingerprint density at radius 1 is 1.11 bits per heavy atom. The third-order valence-corrected chi connectivity index (χ3v) is 5.95. The molecule has 0 spiro atoms. The number of benzene rings is 1. The monoisotopic (exact) mass is 386 g/mol. The summed E-state index contributed by atoms with van der Waals surface area (Å²) in [7, 11) is 0. The molecule has 2 fully saturated rings. The third-order valence-electron chi connectivity index (χ3n) is 5.95. The van der Waals surface area contributed by atoms with Crippen LogP contribution in [-0.4, -0.2) is 42.9 Å².